The highest BCUT2D eigenvalue weighted by Gasteiger charge is 2.21. The summed E-state index contributed by atoms with van der Waals surface area (Å²) in [5.41, 5.74) is 1.13. The lowest BCUT2D eigenvalue weighted by Crippen LogP contribution is -2.32. The van der Waals surface area contributed by atoms with Crippen molar-refractivity contribution in [2.24, 2.45) is 0 Å². The fraction of sp³-hybridized carbons (Fsp3) is 0.538. The van der Waals surface area contributed by atoms with Gasteiger partial charge in [0.2, 0.25) is 0 Å². The van der Waals surface area contributed by atoms with Crippen molar-refractivity contribution in [3.8, 4) is 5.75 Å². The molecular formula is C13H18BrNO2. The Morgan fingerprint density at radius 1 is 1.53 bits per heavy atom. The van der Waals surface area contributed by atoms with Crippen LogP contribution in [0.5, 0.6) is 5.75 Å². The van der Waals surface area contributed by atoms with E-state index in [1.54, 1.807) is 0 Å². The van der Waals surface area contributed by atoms with E-state index in [4.69, 9.17) is 4.74 Å². The number of halogens is 1. The molecule has 1 aliphatic rings. The van der Waals surface area contributed by atoms with Crippen LogP contribution in [0.15, 0.2) is 22.7 Å². The lowest BCUT2D eigenvalue weighted by Gasteiger charge is -2.13. The van der Waals surface area contributed by atoms with Gasteiger partial charge >= 0.3 is 0 Å². The first-order valence-corrected chi connectivity index (χ1v) is 6.75. The molecule has 0 amide bonds. The van der Waals surface area contributed by atoms with Crippen molar-refractivity contribution in [3.63, 3.8) is 0 Å². The minimum absolute atomic E-state index is 0.334. The van der Waals surface area contributed by atoms with E-state index in [0.717, 1.165) is 15.8 Å². The predicted octanol–water partition coefficient (Wildman–Crippen LogP) is 2.25. The number of aliphatic hydroxyl groups is 1. The topological polar surface area (TPSA) is 41.5 Å². The van der Waals surface area contributed by atoms with Crippen LogP contribution in [0.4, 0.5) is 0 Å². The first-order chi connectivity index (χ1) is 8.15. The largest absolute Gasteiger partial charge is 0.491 e. The average Bonchev–Trinajstić information content (AvgIpc) is 3.12. The maximum atomic E-state index is 9.71. The van der Waals surface area contributed by atoms with Crippen LogP contribution in [0.1, 0.15) is 18.4 Å². The molecule has 0 heterocycles. The van der Waals surface area contributed by atoms with Crippen molar-refractivity contribution in [1.29, 1.82) is 0 Å². The molecule has 0 aliphatic heterocycles. The molecule has 1 saturated carbocycles. The second-order valence-electron chi connectivity index (χ2n) is 4.56. The van der Waals surface area contributed by atoms with E-state index in [9.17, 15) is 5.11 Å². The van der Waals surface area contributed by atoms with Crippen LogP contribution < -0.4 is 10.1 Å². The first-order valence-electron chi connectivity index (χ1n) is 5.95. The van der Waals surface area contributed by atoms with Crippen molar-refractivity contribution in [2.75, 3.05) is 13.2 Å². The summed E-state index contributed by atoms with van der Waals surface area (Å²) in [5, 5.41) is 13.0. The smallest absolute Gasteiger partial charge is 0.119 e. The van der Waals surface area contributed by atoms with Gasteiger partial charge in [0.25, 0.3) is 0 Å². The molecule has 4 heteroatoms. The Hall–Kier alpha value is -0.580. The molecule has 1 fully saturated rings. The highest BCUT2D eigenvalue weighted by Crippen LogP contribution is 2.21. The van der Waals surface area contributed by atoms with Gasteiger partial charge in [-0.1, -0.05) is 15.9 Å². The third-order valence-electron chi connectivity index (χ3n) is 2.79. The zero-order chi connectivity index (χ0) is 12.3. The predicted molar refractivity (Wildman–Crippen MR) is 71.4 cm³/mol. The quantitative estimate of drug-likeness (QED) is 0.846. The van der Waals surface area contributed by atoms with Crippen LogP contribution in [0.25, 0.3) is 0 Å². The van der Waals surface area contributed by atoms with Gasteiger partial charge in [-0.3, -0.25) is 0 Å². The number of aryl methyl sites for hydroxylation is 1. The number of rotatable bonds is 6. The zero-order valence-electron chi connectivity index (χ0n) is 9.95. The fourth-order valence-electron chi connectivity index (χ4n) is 1.55. The van der Waals surface area contributed by atoms with Gasteiger partial charge in [0.1, 0.15) is 18.5 Å². The lowest BCUT2D eigenvalue weighted by molar-refractivity contribution is 0.106. The Kier molecular flexibility index (Phi) is 4.42. The van der Waals surface area contributed by atoms with Gasteiger partial charge in [-0.2, -0.15) is 0 Å². The highest BCUT2D eigenvalue weighted by molar-refractivity contribution is 9.10. The lowest BCUT2D eigenvalue weighted by atomic mass is 10.2. The fourth-order valence-corrected chi connectivity index (χ4v) is 1.80. The number of aliphatic hydroxyl groups excluding tert-OH is 1. The van der Waals surface area contributed by atoms with E-state index in [0.29, 0.717) is 19.2 Å². The molecule has 17 heavy (non-hydrogen) atoms. The minimum atomic E-state index is -0.445. The van der Waals surface area contributed by atoms with E-state index < -0.39 is 6.10 Å². The summed E-state index contributed by atoms with van der Waals surface area (Å²) < 4.78 is 6.62. The molecule has 94 valence electrons. The second-order valence-corrected chi connectivity index (χ2v) is 5.41. The molecule has 3 nitrogen and oxygen atoms in total. The van der Waals surface area contributed by atoms with E-state index >= 15 is 0 Å². The summed E-state index contributed by atoms with van der Waals surface area (Å²) in [6.07, 6.45) is 2.03. The van der Waals surface area contributed by atoms with Gasteiger partial charge in [0, 0.05) is 17.1 Å². The maximum absolute atomic E-state index is 9.71. The summed E-state index contributed by atoms with van der Waals surface area (Å²) in [5.74, 6) is 0.802. The van der Waals surface area contributed by atoms with E-state index in [1.165, 1.54) is 12.8 Å². The molecule has 0 saturated heterocycles. The molecule has 0 spiro atoms. The molecule has 1 aromatic carbocycles. The van der Waals surface area contributed by atoms with Crippen molar-refractivity contribution in [3.05, 3.63) is 28.2 Å². The molecule has 1 unspecified atom stereocenters. The van der Waals surface area contributed by atoms with Crippen LogP contribution in [0.2, 0.25) is 0 Å². The molecule has 1 aliphatic carbocycles. The van der Waals surface area contributed by atoms with E-state index in [-0.39, 0.29) is 0 Å². The minimum Gasteiger partial charge on any atom is -0.491 e. The Morgan fingerprint density at radius 3 is 2.94 bits per heavy atom. The molecule has 0 bridgehead atoms. The molecule has 0 aromatic heterocycles. The van der Waals surface area contributed by atoms with E-state index in [1.807, 2.05) is 25.1 Å². The normalized spacial score (nSPS) is 16.9. The number of hydrogen-bond acceptors (Lipinski definition) is 3. The molecule has 1 aromatic rings. The summed E-state index contributed by atoms with van der Waals surface area (Å²) in [7, 11) is 0. The van der Waals surface area contributed by atoms with Crippen molar-refractivity contribution < 1.29 is 9.84 Å². The van der Waals surface area contributed by atoms with Crippen molar-refractivity contribution >= 4 is 15.9 Å². The van der Waals surface area contributed by atoms with Gasteiger partial charge in [-0.25, -0.2) is 0 Å². The number of hydrogen-bond donors (Lipinski definition) is 2. The van der Waals surface area contributed by atoms with Crippen LogP contribution >= 0.6 is 15.9 Å². The van der Waals surface area contributed by atoms with Crippen molar-refractivity contribution in [1.82, 2.24) is 5.32 Å². The number of benzene rings is 1. The molecule has 2 N–H and O–H groups in total. The average molecular weight is 300 g/mol. The zero-order valence-corrected chi connectivity index (χ0v) is 11.5. The maximum Gasteiger partial charge on any atom is 0.119 e. The number of ether oxygens (including phenoxy) is 1. The molecule has 2 rings (SSSR count). The molecule has 1 atom stereocenters. The highest BCUT2D eigenvalue weighted by atomic mass is 79.9. The van der Waals surface area contributed by atoms with Crippen LogP contribution in [0.3, 0.4) is 0 Å². The van der Waals surface area contributed by atoms with Crippen LogP contribution in [-0.2, 0) is 0 Å². The SMILES string of the molecule is Cc1cc(OCC(O)CNC2CC2)ccc1Br. The summed E-state index contributed by atoms with van der Waals surface area (Å²) >= 11 is 3.44. The first kappa shape index (κ1) is 12.9. The van der Waals surface area contributed by atoms with Gasteiger partial charge in [-0.05, 0) is 43.5 Å². The van der Waals surface area contributed by atoms with Gasteiger partial charge in [0.05, 0.1) is 0 Å². The van der Waals surface area contributed by atoms with Gasteiger partial charge < -0.3 is 15.2 Å². The Bertz CT molecular complexity index is 380. The van der Waals surface area contributed by atoms with Gasteiger partial charge in [0.15, 0.2) is 0 Å². The Morgan fingerprint density at radius 2 is 2.29 bits per heavy atom. The Balaban J connectivity index is 1.73. The van der Waals surface area contributed by atoms with Crippen molar-refractivity contribution in [2.45, 2.75) is 31.9 Å². The third-order valence-corrected chi connectivity index (χ3v) is 3.68. The second kappa shape index (κ2) is 5.85. The van der Waals surface area contributed by atoms with Gasteiger partial charge in [-0.15, -0.1) is 0 Å². The Labute approximate surface area is 110 Å². The summed E-state index contributed by atoms with van der Waals surface area (Å²) in [6.45, 7) is 2.96. The summed E-state index contributed by atoms with van der Waals surface area (Å²) in [4.78, 5) is 0. The third kappa shape index (κ3) is 4.30. The van der Waals surface area contributed by atoms with Crippen LogP contribution in [0, 0.1) is 6.92 Å². The standard InChI is InChI=1S/C13H18BrNO2/c1-9-6-12(4-5-13(9)14)17-8-11(16)7-15-10-2-3-10/h4-6,10-11,15-16H,2-3,7-8H2,1H3. The van der Waals surface area contributed by atoms with Crippen LogP contribution in [-0.4, -0.2) is 30.4 Å². The molecule has 0 radical (unpaired) electrons. The molecular weight excluding hydrogens is 282 g/mol. The van der Waals surface area contributed by atoms with E-state index in [2.05, 4.69) is 21.2 Å². The summed E-state index contributed by atoms with van der Waals surface area (Å²) in [6, 6.07) is 6.45. The monoisotopic (exact) mass is 299 g/mol. The number of nitrogens with one attached hydrogen (secondary N) is 1.